The second-order valence-electron chi connectivity index (χ2n) is 7.66. The third kappa shape index (κ3) is 7.83. The van der Waals surface area contributed by atoms with Gasteiger partial charge in [-0.05, 0) is 37.5 Å². The molecule has 1 aliphatic carbocycles. The molecule has 11 heteroatoms. The first-order valence-electron chi connectivity index (χ1n) is 10.4. The van der Waals surface area contributed by atoms with Crippen LogP contribution < -0.4 is 21.5 Å². The highest BCUT2D eigenvalue weighted by Crippen LogP contribution is 2.17. The number of hydrogen-bond acceptors (Lipinski definition) is 5. The number of hydrogen-bond donors (Lipinski definition) is 4. The minimum atomic E-state index is -3.67. The fourth-order valence-corrected chi connectivity index (χ4v) is 4.15. The molecule has 0 saturated heterocycles. The van der Waals surface area contributed by atoms with E-state index in [1.165, 1.54) is 44.8 Å². The van der Waals surface area contributed by atoms with Gasteiger partial charge in [-0.15, -0.1) is 0 Å². The van der Waals surface area contributed by atoms with Crippen molar-refractivity contribution in [1.82, 2.24) is 25.8 Å². The van der Waals surface area contributed by atoms with Crippen molar-refractivity contribution in [1.29, 1.82) is 0 Å². The maximum absolute atomic E-state index is 12.2. The van der Waals surface area contributed by atoms with Crippen LogP contribution in [0.1, 0.15) is 55.3 Å². The molecule has 1 saturated carbocycles. The molecule has 1 aromatic carbocycles. The number of sulfonamides is 1. The average Bonchev–Trinajstić information content (AvgIpc) is 2.75. The van der Waals surface area contributed by atoms with Crippen molar-refractivity contribution in [2.45, 2.75) is 55.9 Å². The van der Waals surface area contributed by atoms with Crippen LogP contribution in [0, 0.1) is 0 Å². The Kier molecular flexibility index (Phi) is 9.25. The lowest BCUT2D eigenvalue weighted by molar-refractivity contribution is -0.121. The number of carbonyl (C=O) groups is 3. The van der Waals surface area contributed by atoms with E-state index in [-0.39, 0.29) is 29.0 Å². The third-order valence-electron chi connectivity index (χ3n) is 5.00. The quantitative estimate of drug-likeness (QED) is 0.345. The minimum Gasteiger partial charge on any atom is -0.338 e. The van der Waals surface area contributed by atoms with Crippen molar-refractivity contribution in [3.8, 4) is 0 Å². The van der Waals surface area contributed by atoms with Crippen molar-refractivity contribution >= 4 is 27.9 Å². The molecule has 0 aromatic heterocycles. The van der Waals surface area contributed by atoms with E-state index in [0.29, 0.717) is 13.0 Å². The van der Waals surface area contributed by atoms with Gasteiger partial charge in [-0.1, -0.05) is 25.3 Å². The van der Waals surface area contributed by atoms with Gasteiger partial charge < -0.3 is 10.6 Å². The SMILES string of the molecule is CN(C)S(=O)(=O)c1cccc(C(=O)NNC(=O)CCCNC(=O)NC2CCCCC2)c1. The summed E-state index contributed by atoms with van der Waals surface area (Å²) in [4.78, 5) is 35.9. The van der Waals surface area contributed by atoms with E-state index in [0.717, 1.165) is 30.0 Å². The number of nitrogens with zero attached hydrogens (tertiary/aromatic N) is 1. The molecule has 10 nitrogen and oxygen atoms in total. The van der Waals surface area contributed by atoms with E-state index in [1.807, 2.05) is 0 Å². The van der Waals surface area contributed by atoms with Gasteiger partial charge in [0.25, 0.3) is 5.91 Å². The van der Waals surface area contributed by atoms with E-state index in [1.54, 1.807) is 0 Å². The highest BCUT2D eigenvalue weighted by atomic mass is 32.2. The van der Waals surface area contributed by atoms with Gasteiger partial charge in [-0.2, -0.15) is 0 Å². The first kappa shape index (κ1) is 24.6. The zero-order chi connectivity index (χ0) is 22.9. The second kappa shape index (κ2) is 11.7. The summed E-state index contributed by atoms with van der Waals surface area (Å²) in [7, 11) is -0.870. The molecule has 4 N–H and O–H groups in total. The predicted octanol–water partition coefficient (Wildman–Crippen LogP) is 1.11. The Balaban J connectivity index is 1.69. The number of hydrazine groups is 1. The topological polar surface area (TPSA) is 137 Å². The largest absolute Gasteiger partial charge is 0.338 e. The van der Waals surface area contributed by atoms with Crippen LogP contribution in [0.4, 0.5) is 4.79 Å². The molecule has 0 bridgehead atoms. The lowest BCUT2D eigenvalue weighted by Crippen LogP contribution is -2.44. The maximum atomic E-state index is 12.2. The normalized spacial score (nSPS) is 14.7. The van der Waals surface area contributed by atoms with Crippen LogP contribution in [0.25, 0.3) is 0 Å². The summed E-state index contributed by atoms with van der Waals surface area (Å²) in [6.45, 7) is 0.338. The van der Waals surface area contributed by atoms with E-state index in [4.69, 9.17) is 0 Å². The molecule has 0 atom stereocenters. The highest BCUT2D eigenvalue weighted by Gasteiger charge is 2.19. The summed E-state index contributed by atoms with van der Waals surface area (Å²) in [6.07, 6.45) is 6.00. The number of amides is 4. The van der Waals surface area contributed by atoms with Crippen LogP contribution in [-0.2, 0) is 14.8 Å². The Bertz CT molecular complexity index is 882. The van der Waals surface area contributed by atoms with Gasteiger partial charge in [-0.25, -0.2) is 17.5 Å². The highest BCUT2D eigenvalue weighted by molar-refractivity contribution is 7.89. The lowest BCUT2D eigenvalue weighted by Gasteiger charge is -2.22. The van der Waals surface area contributed by atoms with Crippen LogP contribution >= 0.6 is 0 Å². The monoisotopic (exact) mass is 453 g/mol. The Morgan fingerprint density at radius 2 is 1.77 bits per heavy atom. The van der Waals surface area contributed by atoms with E-state index in [9.17, 15) is 22.8 Å². The standard InChI is InChI=1S/C20H31N5O5S/c1-25(2)31(29,30)17-11-6-8-15(14-17)19(27)24-23-18(26)12-7-13-21-20(28)22-16-9-4-3-5-10-16/h6,8,11,14,16H,3-5,7,9-10,12-13H2,1-2H3,(H,23,26)(H,24,27)(H2,21,22,28). The Morgan fingerprint density at radius 3 is 2.45 bits per heavy atom. The molecule has 1 fully saturated rings. The van der Waals surface area contributed by atoms with Crippen LogP contribution in [0.2, 0.25) is 0 Å². The summed E-state index contributed by atoms with van der Waals surface area (Å²) >= 11 is 0. The summed E-state index contributed by atoms with van der Waals surface area (Å²) in [6, 6.07) is 5.53. The summed E-state index contributed by atoms with van der Waals surface area (Å²) < 4.78 is 25.4. The molecule has 0 heterocycles. The summed E-state index contributed by atoms with van der Waals surface area (Å²) in [5, 5.41) is 5.66. The van der Waals surface area contributed by atoms with Gasteiger partial charge in [0.1, 0.15) is 0 Å². The first-order valence-corrected chi connectivity index (χ1v) is 11.8. The molecular formula is C20H31N5O5S. The molecular weight excluding hydrogens is 422 g/mol. The predicted molar refractivity (Wildman–Crippen MR) is 116 cm³/mol. The molecule has 31 heavy (non-hydrogen) atoms. The van der Waals surface area contributed by atoms with E-state index in [2.05, 4.69) is 21.5 Å². The van der Waals surface area contributed by atoms with Gasteiger partial charge in [0, 0.05) is 38.7 Å². The number of rotatable bonds is 8. The molecule has 1 aliphatic rings. The third-order valence-corrected chi connectivity index (χ3v) is 6.81. The Labute approximate surface area is 183 Å². The zero-order valence-corrected chi connectivity index (χ0v) is 18.8. The summed E-state index contributed by atoms with van der Waals surface area (Å²) in [5.74, 6) is -1.05. The summed E-state index contributed by atoms with van der Waals surface area (Å²) in [5.41, 5.74) is 4.65. The first-order chi connectivity index (χ1) is 14.7. The zero-order valence-electron chi connectivity index (χ0n) is 17.9. The molecule has 172 valence electrons. The van der Waals surface area contributed by atoms with Crippen molar-refractivity contribution < 1.29 is 22.8 Å². The molecule has 1 aromatic rings. The molecule has 0 spiro atoms. The van der Waals surface area contributed by atoms with E-state index >= 15 is 0 Å². The van der Waals surface area contributed by atoms with Gasteiger partial charge in [0.05, 0.1) is 4.90 Å². The number of nitrogens with one attached hydrogen (secondary N) is 4. The number of carbonyl (C=O) groups excluding carboxylic acids is 3. The van der Waals surface area contributed by atoms with Gasteiger partial charge in [0.2, 0.25) is 15.9 Å². The molecule has 2 rings (SSSR count). The van der Waals surface area contributed by atoms with E-state index < -0.39 is 21.8 Å². The van der Waals surface area contributed by atoms with Crippen molar-refractivity contribution in [2.24, 2.45) is 0 Å². The van der Waals surface area contributed by atoms with Crippen molar-refractivity contribution in [2.75, 3.05) is 20.6 Å². The maximum Gasteiger partial charge on any atom is 0.315 e. The Hall–Kier alpha value is -2.66. The van der Waals surface area contributed by atoms with Gasteiger partial charge in [-0.3, -0.25) is 20.4 Å². The smallest absolute Gasteiger partial charge is 0.315 e. The van der Waals surface area contributed by atoms with Gasteiger partial charge in [0.15, 0.2) is 0 Å². The second-order valence-corrected chi connectivity index (χ2v) is 9.81. The molecule has 4 amide bonds. The lowest BCUT2D eigenvalue weighted by atomic mass is 9.96. The van der Waals surface area contributed by atoms with Crippen LogP contribution in [0.15, 0.2) is 29.2 Å². The average molecular weight is 454 g/mol. The molecule has 0 aliphatic heterocycles. The Morgan fingerprint density at radius 1 is 1.06 bits per heavy atom. The van der Waals surface area contributed by atoms with Crippen molar-refractivity contribution in [3.63, 3.8) is 0 Å². The molecule has 0 unspecified atom stereocenters. The van der Waals surface area contributed by atoms with Crippen LogP contribution in [-0.4, -0.2) is 57.3 Å². The molecule has 0 radical (unpaired) electrons. The fraction of sp³-hybridized carbons (Fsp3) is 0.550. The van der Waals surface area contributed by atoms with Crippen LogP contribution in [0.5, 0.6) is 0 Å². The fourth-order valence-electron chi connectivity index (χ4n) is 3.20. The number of urea groups is 1. The minimum absolute atomic E-state index is 0.0194. The number of benzene rings is 1. The van der Waals surface area contributed by atoms with Gasteiger partial charge >= 0.3 is 6.03 Å². The van der Waals surface area contributed by atoms with Crippen molar-refractivity contribution in [3.05, 3.63) is 29.8 Å². The van der Waals surface area contributed by atoms with Crippen LogP contribution in [0.3, 0.4) is 0 Å².